The van der Waals surface area contributed by atoms with Gasteiger partial charge in [-0.05, 0) is 31.5 Å². The van der Waals surface area contributed by atoms with Crippen molar-refractivity contribution in [2.75, 3.05) is 5.32 Å². The lowest BCUT2D eigenvalue weighted by Crippen LogP contribution is -2.07. The van der Waals surface area contributed by atoms with Gasteiger partial charge in [0.05, 0.1) is 11.6 Å². The summed E-state index contributed by atoms with van der Waals surface area (Å²) in [6, 6.07) is 15.5. The highest BCUT2D eigenvalue weighted by atomic mass is 16.5. The molecule has 0 spiro atoms. The molecule has 5 nitrogen and oxygen atoms in total. The van der Waals surface area contributed by atoms with Gasteiger partial charge in [0.15, 0.2) is 0 Å². The summed E-state index contributed by atoms with van der Waals surface area (Å²) < 4.78 is 5.54. The first-order chi connectivity index (χ1) is 11.7. The van der Waals surface area contributed by atoms with Crippen molar-refractivity contribution in [2.45, 2.75) is 26.5 Å². The maximum atomic E-state index is 9.15. The van der Waals surface area contributed by atoms with Crippen LogP contribution in [0.25, 0.3) is 10.9 Å². The molecule has 1 aromatic carbocycles. The number of pyridine rings is 2. The normalized spacial score (nSPS) is 10.6. The monoisotopic (exact) mass is 318 g/mol. The van der Waals surface area contributed by atoms with Crippen molar-refractivity contribution in [1.29, 1.82) is 5.26 Å². The molecule has 0 aliphatic heterocycles. The molecular weight excluding hydrogens is 300 g/mol. The summed E-state index contributed by atoms with van der Waals surface area (Å²) in [6.07, 6.45) is 1.90. The third-order valence-electron chi connectivity index (χ3n) is 3.47. The van der Waals surface area contributed by atoms with Gasteiger partial charge in [-0.1, -0.05) is 24.3 Å². The maximum absolute atomic E-state index is 9.15. The molecular formula is C19H18N4O. The van der Waals surface area contributed by atoms with Crippen LogP contribution in [0.1, 0.15) is 25.1 Å². The minimum atomic E-state index is 0.106. The molecule has 0 fully saturated rings. The number of aromatic nitrogens is 2. The molecule has 0 aliphatic rings. The van der Waals surface area contributed by atoms with Crippen LogP contribution in [-0.2, 0) is 6.54 Å². The molecule has 1 N–H and O–H groups in total. The average molecular weight is 318 g/mol. The fraction of sp³-hybridized carbons (Fsp3) is 0.211. The van der Waals surface area contributed by atoms with Gasteiger partial charge in [-0.2, -0.15) is 5.26 Å². The predicted octanol–water partition coefficient (Wildman–Crippen LogP) is 3.90. The standard InChI is InChI=1S/C19H18N4O/c1-13(2)24-19-8-7-14(12-22-19)11-21-18-9-15(10-20)23-17-6-4-3-5-16(17)18/h3-9,12-13H,11H2,1-2H3,(H,21,23). The van der Waals surface area contributed by atoms with E-state index in [-0.39, 0.29) is 6.10 Å². The summed E-state index contributed by atoms with van der Waals surface area (Å²) in [4.78, 5) is 8.62. The zero-order chi connectivity index (χ0) is 16.9. The van der Waals surface area contributed by atoms with Crippen LogP contribution in [0.4, 0.5) is 5.69 Å². The maximum Gasteiger partial charge on any atom is 0.213 e. The molecule has 120 valence electrons. The van der Waals surface area contributed by atoms with Crippen LogP contribution in [0.3, 0.4) is 0 Å². The van der Waals surface area contributed by atoms with Gasteiger partial charge in [-0.15, -0.1) is 0 Å². The van der Waals surface area contributed by atoms with Gasteiger partial charge < -0.3 is 10.1 Å². The molecule has 2 aromatic heterocycles. The Balaban J connectivity index is 1.79. The Labute approximate surface area is 140 Å². The first kappa shape index (κ1) is 15.8. The Hall–Kier alpha value is -3.13. The first-order valence-electron chi connectivity index (χ1n) is 7.81. The Bertz CT molecular complexity index is 882. The van der Waals surface area contributed by atoms with E-state index in [0.717, 1.165) is 22.2 Å². The molecule has 0 saturated carbocycles. The number of rotatable bonds is 5. The van der Waals surface area contributed by atoms with Crippen molar-refractivity contribution in [3.05, 3.63) is 59.9 Å². The number of benzene rings is 1. The number of para-hydroxylation sites is 1. The number of fused-ring (bicyclic) bond motifs is 1. The van der Waals surface area contributed by atoms with E-state index in [4.69, 9.17) is 10.00 Å². The highest BCUT2D eigenvalue weighted by Gasteiger charge is 2.06. The third kappa shape index (κ3) is 3.61. The molecule has 24 heavy (non-hydrogen) atoms. The molecule has 5 heteroatoms. The fourth-order valence-corrected chi connectivity index (χ4v) is 2.40. The fourth-order valence-electron chi connectivity index (χ4n) is 2.40. The van der Waals surface area contributed by atoms with Crippen molar-refractivity contribution in [3.63, 3.8) is 0 Å². The molecule has 0 radical (unpaired) electrons. The second-order valence-corrected chi connectivity index (χ2v) is 5.71. The third-order valence-corrected chi connectivity index (χ3v) is 3.47. The Morgan fingerprint density at radius 2 is 2.04 bits per heavy atom. The van der Waals surface area contributed by atoms with E-state index in [1.165, 1.54) is 0 Å². The van der Waals surface area contributed by atoms with E-state index < -0.39 is 0 Å². The van der Waals surface area contributed by atoms with Crippen LogP contribution in [0.15, 0.2) is 48.7 Å². The summed E-state index contributed by atoms with van der Waals surface area (Å²) in [7, 11) is 0. The summed E-state index contributed by atoms with van der Waals surface area (Å²) in [5, 5.41) is 13.5. The molecule has 3 aromatic rings. The summed E-state index contributed by atoms with van der Waals surface area (Å²) in [5.74, 6) is 0.620. The van der Waals surface area contributed by atoms with Gasteiger partial charge in [0.1, 0.15) is 11.8 Å². The summed E-state index contributed by atoms with van der Waals surface area (Å²) in [5.41, 5.74) is 3.12. The minimum Gasteiger partial charge on any atom is -0.475 e. The van der Waals surface area contributed by atoms with E-state index in [2.05, 4.69) is 21.4 Å². The van der Waals surface area contributed by atoms with Crippen LogP contribution in [0.5, 0.6) is 5.88 Å². The van der Waals surface area contributed by atoms with Crippen molar-refractivity contribution in [2.24, 2.45) is 0 Å². The van der Waals surface area contributed by atoms with E-state index in [1.807, 2.05) is 50.2 Å². The lowest BCUT2D eigenvalue weighted by Gasteiger charge is -2.11. The lowest BCUT2D eigenvalue weighted by atomic mass is 10.1. The van der Waals surface area contributed by atoms with Crippen LogP contribution in [0.2, 0.25) is 0 Å². The van der Waals surface area contributed by atoms with Crippen LogP contribution in [0, 0.1) is 11.3 Å². The number of nitrogens with zero attached hydrogens (tertiary/aromatic N) is 3. The van der Waals surface area contributed by atoms with Crippen molar-refractivity contribution >= 4 is 16.6 Å². The molecule has 0 amide bonds. The topological polar surface area (TPSA) is 70.8 Å². The molecule has 2 heterocycles. The van der Waals surface area contributed by atoms with Gasteiger partial charge in [0.2, 0.25) is 5.88 Å². The van der Waals surface area contributed by atoms with Crippen molar-refractivity contribution in [3.8, 4) is 11.9 Å². The lowest BCUT2D eigenvalue weighted by molar-refractivity contribution is 0.232. The van der Waals surface area contributed by atoms with Gasteiger partial charge in [0, 0.05) is 29.9 Å². The van der Waals surface area contributed by atoms with Crippen molar-refractivity contribution in [1.82, 2.24) is 9.97 Å². The number of nitriles is 1. The van der Waals surface area contributed by atoms with Gasteiger partial charge in [-0.25, -0.2) is 9.97 Å². The Kier molecular flexibility index (Phi) is 4.57. The second kappa shape index (κ2) is 6.97. The SMILES string of the molecule is CC(C)Oc1ccc(CNc2cc(C#N)nc3ccccc23)cn1. The Morgan fingerprint density at radius 1 is 1.21 bits per heavy atom. The molecule has 0 bridgehead atoms. The summed E-state index contributed by atoms with van der Waals surface area (Å²) in [6.45, 7) is 4.55. The van der Waals surface area contributed by atoms with E-state index in [0.29, 0.717) is 18.1 Å². The zero-order valence-corrected chi connectivity index (χ0v) is 13.7. The van der Waals surface area contributed by atoms with E-state index >= 15 is 0 Å². The molecule has 3 rings (SSSR count). The Morgan fingerprint density at radius 3 is 2.75 bits per heavy atom. The molecule has 0 atom stereocenters. The summed E-state index contributed by atoms with van der Waals surface area (Å²) >= 11 is 0. The quantitative estimate of drug-likeness (QED) is 0.772. The van der Waals surface area contributed by atoms with E-state index in [1.54, 1.807) is 12.3 Å². The molecule has 0 aliphatic carbocycles. The predicted molar refractivity (Wildman–Crippen MR) is 93.8 cm³/mol. The highest BCUT2D eigenvalue weighted by molar-refractivity contribution is 5.91. The second-order valence-electron chi connectivity index (χ2n) is 5.71. The minimum absolute atomic E-state index is 0.106. The van der Waals surface area contributed by atoms with Gasteiger partial charge in [-0.3, -0.25) is 0 Å². The van der Waals surface area contributed by atoms with Crippen molar-refractivity contribution < 1.29 is 4.74 Å². The van der Waals surface area contributed by atoms with Gasteiger partial charge >= 0.3 is 0 Å². The average Bonchev–Trinajstić information content (AvgIpc) is 2.60. The highest BCUT2D eigenvalue weighted by Crippen LogP contribution is 2.23. The number of hydrogen-bond acceptors (Lipinski definition) is 5. The van der Waals surface area contributed by atoms with Crippen LogP contribution >= 0.6 is 0 Å². The first-order valence-corrected chi connectivity index (χ1v) is 7.81. The molecule has 0 unspecified atom stereocenters. The van der Waals surface area contributed by atoms with Crippen LogP contribution in [-0.4, -0.2) is 16.1 Å². The number of nitrogens with one attached hydrogen (secondary N) is 1. The van der Waals surface area contributed by atoms with E-state index in [9.17, 15) is 0 Å². The van der Waals surface area contributed by atoms with Crippen LogP contribution < -0.4 is 10.1 Å². The smallest absolute Gasteiger partial charge is 0.213 e. The number of ether oxygens (including phenoxy) is 1. The molecule has 0 saturated heterocycles. The zero-order valence-electron chi connectivity index (χ0n) is 13.7. The number of hydrogen-bond donors (Lipinski definition) is 1. The van der Waals surface area contributed by atoms with Gasteiger partial charge in [0.25, 0.3) is 0 Å². The largest absolute Gasteiger partial charge is 0.475 e. The number of anilines is 1.